The highest BCUT2D eigenvalue weighted by Gasteiger charge is 2.61. The minimum Gasteiger partial charge on any atom is -0.486 e. The summed E-state index contributed by atoms with van der Waals surface area (Å²) in [7, 11) is 0. The van der Waals surface area contributed by atoms with Crippen LogP contribution in [0.4, 0.5) is 22.0 Å². The zero-order valence-electron chi connectivity index (χ0n) is 20.7. The molecule has 0 amide bonds. The molecule has 0 aliphatic carbocycles. The average molecular weight is 640 g/mol. The molecule has 3 N–H and O–H groups in total. The number of benzene rings is 2. The van der Waals surface area contributed by atoms with E-state index in [0.717, 1.165) is 0 Å². The van der Waals surface area contributed by atoms with Crippen molar-refractivity contribution in [3.05, 3.63) is 73.7 Å². The fourth-order valence-corrected chi connectivity index (χ4v) is 4.84. The van der Waals surface area contributed by atoms with Gasteiger partial charge in [0.15, 0.2) is 11.4 Å². The topological polar surface area (TPSA) is 130 Å². The Morgan fingerprint density at radius 2 is 1.78 bits per heavy atom. The van der Waals surface area contributed by atoms with Crippen molar-refractivity contribution in [3.8, 4) is 17.1 Å². The van der Waals surface area contributed by atoms with Crippen molar-refractivity contribution in [3.63, 3.8) is 0 Å². The Morgan fingerprint density at radius 3 is 2.34 bits per heavy atom. The Hall–Kier alpha value is -3.49. The molecule has 0 radical (unpaired) electrons. The van der Waals surface area contributed by atoms with Gasteiger partial charge in [0.05, 0.1) is 10.0 Å². The number of alkyl halides is 5. The number of hydrogen-bond donors (Lipinski definition) is 3. The third-order valence-corrected chi connectivity index (χ3v) is 6.75. The molecule has 0 fully saturated rings. The van der Waals surface area contributed by atoms with Gasteiger partial charge in [0, 0.05) is 22.1 Å². The number of carboxylic acid groups (broad SMARTS) is 1. The van der Waals surface area contributed by atoms with Crippen molar-refractivity contribution in [2.75, 3.05) is 0 Å². The lowest BCUT2D eigenvalue weighted by molar-refractivity contribution is -0.291. The molecule has 41 heavy (non-hydrogen) atoms. The molecular weight excluding hydrogens is 622 g/mol. The number of aromatic amines is 2. The van der Waals surface area contributed by atoms with E-state index in [1.165, 1.54) is 12.1 Å². The van der Waals surface area contributed by atoms with Crippen molar-refractivity contribution in [1.82, 2.24) is 30.6 Å². The Bertz CT molecular complexity index is 1540. The standard InChI is InChI=1S/C24H18Cl3F5N6O3/c1-2-3-13(20-33-17(22(39)40)19(34-20)23(28,29)24(30,31)32)11-6-15(26)18(16(27)7-11)41-9-10-4-5-12(25)8-14(10)21-35-37-38-36-21/h4-8,13H,2-3,9H2,1H3,(H,33,34)(H,39,40)(H,35,36,37,38). The number of imidazole rings is 1. The maximum atomic E-state index is 14.2. The highest BCUT2D eigenvalue weighted by atomic mass is 35.5. The molecule has 17 heteroatoms. The molecule has 0 aliphatic rings. The first kappa shape index (κ1) is 30.5. The Morgan fingerprint density at radius 1 is 1.10 bits per heavy atom. The first-order valence-electron chi connectivity index (χ1n) is 11.7. The molecule has 4 aromatic rings. The molecule has 0 aliphatic heterocycles. The largest absolute Gasteiger partial charge is 0.486 e. The number of hydrogen-bond acceptors (Lipinski definition) is 6. The van der Waals surface area contributed by atoms with Crippen molar-refractivity contribution in [2.45, 2.75) is 44.4 Å². The average Bonchev–Trinajstić information content (AvgIpc) is 3.58. The summed E-state index contributed by atoms with van der Waals surface area (Å²) in [5.41, 5.74) is -1.91. The molecule has 2 heterocycles. The van der Waals surface area contributed by atoms with Gasteiger partial charge in [-0.15, -0.1) is 10.2 Å². The molecule has 218 valence electrons. The number of tetrazole rings is 1. The summed E-state index contributed by atoms with van der Waals surface area (Å²) in [5, 5.41) is 23.4. The molecule has 2 aromatic heterocycles. The highest BCUT2D eigenvalue weighted by molar-refractivity contribution is 6.37. The van der Waals surface area contributed by atoms with Crippen LogP contribution in [-0.2, 0) is 12.5 Å². The van der Waals surface area contributed by atoms with Gasteiger partial charge in [-0.3, -0.25) is 0 Å². The van der Waals surface area contributed by atoms with E-state index < -0.39 is 41.2 Å². The van der Waals surface area contributed by atoms with E-state index >= 15 is 0 Å². The van der Waals surface area contributed by atoms with Crippen LogP contribution in [0, 0.1) is 0 Å². The Kier molecular flexibility index (Phi) is 8.76. The van der Waals surface area contributed by atoms with Crippen LogP contribution in [0.25, 0.3) is 11.4 Å². The Labute approximate surface area is 243 Å². The second-order valence-electron chi connectivity index (χ2n) is 8.70. The van der Waals surface area contributed by atoms with Gasteiger partial charge in [-0.2, -0.15) is 27.2 Å². The zero-order chi connectivity index (χ0) is 30.1. The summed E-state index contributed by atoms with van der Waals surface area (Å²) >= 11 is 19.0. The normalized spacial score (nSPS) is 12.9. The number of nitrogens with zero attached hydrogens (tertiary/aromatic N) is 4. The van der Waals surface area contributed by atoms with Crippen LogP contribution < -0.4 is 4.74 Å². The summed E-state index contributed by atoms with van der Waals surface area (Å²) in [6.07, 6.45) is -5.46. The number of aromatic carboxylic acids is 1. The fraction of sp³-hybridized carbons (Fsp3) is 0.292. The second kappa shape index (κ2) is 11.8. The van der Waals surface area contributed by atoms with Gasteiger partial charge >= 0.3 is 18.1 Å². The lowest BCUT2D eigenvalue weighted by Crippen LogP contribution is -2.35. The molecule has 0 bridgehead atoms. The molecule has 4 rings (SSSR count). The van der Waals surface area contributed by atoms with Gasteiger partial charge in [-0.1, -0.05) is 54.2 Å². The van der Waals surface area contributed by atoms with Crippen molar-refractivity contribution in [2.24, 2.45) is 0 Å². The van der Waals surface area contributed by atoms with E-state index in [-0.39, 0.29) is 40.2 Å². The number of carboxylic acids is 1. The lowest BCUT2D eigenvalue weighted by atomic mass is 9.93. The van der Waals surface area contributed by atoms with Gasteiger partial charge in [0.25, 0.3) is 0 Å². The molecule has 1 atom stereocenters. The molecule has 0 spiro atoms. The number of halogens is 8. The summed E-state index contributed by atoms with van der Waals surface area (Å²) in [6, 6.07) is 7.67. The number of H-pyrrole nitrogens is 2. The molecular formula is C24H18Cl3F5N6O3. The predicted octanol–water partition coefficient (Wildman–Crippen LogP) is 7.41. The molecule has 1 unspecified atom stereocenters. The maximum absolute atomic E-state index is 14.2. The lowest BCUT2D eigenvalue weighted by Gasteiger charge is -2.19. The molecule has 9 nitrogen and oxygen atoms in total. The number of aromatic nitrogens is 6. The minimum absolute atomic E-state index is 0.00506. The third-order valence-electron chi connectivity index (χ3n) is 5.96. The first-order chi connectivity index (χ1) is 19.2. The number of ether oxygens (including phenoxy) is 1. The van der Waals surface area contributed by atoms with Gasteiger partial charge in [0.1, 0.15) is 18.1 Å². The van der Waals surface area contributed by atoms with Crippen molar-refractivity contribution < 1.29 is 36.6 Å². The van der Waals surface area contributed by atoms with Crippen LogP contribution in [0.2, 0.25) is 15.1 Å². The molecule has 2 aromatic carbocycles. The van der Waals surface area contributed by atoms with Gasteiger partial charge in [-0.25, -0.2) is 9.78 Å². The quantitative estimate of drug-likeness (QED) is 0.154. The van der Waals surface area contributed by atoms with Gasteiger partial charge in [-0.05, 0) is 41.5 Å². The van der Waals surface area contributed by atoms with Crippen LogP contribution in [0.15, 0.2) is 30.3 Å². The summed E-state index contributed by atoms with van der Waals surface area (Å²) in [5.74, 6) is -8.61. The smallest absolute Gasteiger partial charge is 0.459 e. The summed E-state index contributed by atoms with van der Waals surface area (Å²) in [4.78, 5) is 17.0. The molecule has 0 saturated carbocycles. The van der Waals surface area contributed by atoms with E-state index in [1.54, 1.807) is 25.1 Å². The zero-order valence-corrected chi connectivity index (χ0v) is 22.9. The third kappa shape index (κ3) is 6.23. The van der Waals surface area contributed by atoms with Crippen LogP contribution in [0.5, 0.6) is 5.75 Å². The van der Waals surface area contributed by atoms with E-state index in [1.807, 2.05) is 4.98 Å². The highest BCUT2D eigenvalue weighted by Crippen LogP contribution is 2.46. The van der Waals surface area contributed by atoms with Gasteiger partial charge < -0.3 is 14.8 Å². The van der Waals surface area contributed by atoms with E-state index in [9.17, 15) is 31.9 Å². The van der Waals surface area contributed by atoms with Crippen molar-refractivity contribution in [1.29, 1.82) is 0 Å². The predicted molar refractivity (Wildman–Crippen MR) is 138 cm³/mol. The minimum atomic E-state index is -6.06. The monoisotopic (exact) mass is 638 g/mol. The van der Waals surface area contributed by atoms with Crippen LogP contribution >= 0.6 is 34.8 Å². The summed E-state index contributed by atoms with van der Waals surface area (Å²) in [6.45, 7) is 1.67. The second-order valence-corrected chi connectivity index (χ2v) is 9.95. The van der Waals surface area contributed by atoms with Gasteiger partial charge in [0.2, 0.25) is 5.82 Å². The van der Waals surface area contributed by atoms with Crippen LogP contribution in [0.1, 0.15) is 58.8 Å². The van der Waals surface area contributed by atoms with E-state index in [4.69, 9.17) is 39.5 Å². The van der Waals surface area contributed by atoms with Crippen molar-refractivity contribution >= 4 is 40.8 Å². The number of rotatable bonds is 10. The fourth-order valence-electron chi connectivity index (χ4n) is 4.06. The van der Waals surface area contributed by atoms with Crippen LogP contribution in [0.3, 0.4) is 0 Å². The van der Waals surface area contributed by atoms with E-state index in [0.29, 0.717) is 22.6 Å². The number of nitrogens with one attached hydrogen (secondary N) is 2. The summed E-state index contributed by atoms with van der Waals surface area (Å²) < 4.78 is 73.3. The Balaban J connectivity index is 1.68. The number of carbonyl (C=O) groups is 1. The first-order valence-corrected chi connectivity index (χ1v) is 12.8. The SMILES string of the molecule is CCCC(c1cc(Cl)c(OCc2ccc(Cl)cc2-c2nn[nH]n2)c(Cl)c1)c1nc(C(=O)O)c(C(F)(F)C(F)(F)F)[nH]1. The van der Waals surface area contributed by atoms with E-state index in [2.05, 4.69) is 25.6 Å². The maximum Gasteiger partial charge on any atom is 0.459 e. The molecule has 0 saturated heterocycles. The van der Waals surface area contributed by atoms with Crippen LogP contribution in [-0.4, -0.2) is 47.8 Å².